The Kier molecular flexibility index (Phi) is 4.11. The van der Waals surface area contributed by atoms with Crippen molar-refractivity contribution in [2.75, 3.05) is 5.32 Å². The van der Waals surface area contributed by atoms with Gasteiger partial charge < -0.3 is 15.0 Å². The van der Waals surface area contributed by atoms with E-state index in [1.165, 1.54) is 24.3 Å². The Hall–Kier alpha value is -3.62. The van der Waals surface area contributed by atoms with Gasteiger partial charge in [0.2, 0.25) is 0 Å². The summed E-state index contributed by atoms with van der Waals surface area (Å²) in [7, 11) is 0. The van der Waals surface area contributed by atoms with Gasteiger partial charge in [-0.2, -0.15) is 0 Å². The van der Waals surface area contributed by atoms with Crippen LogP contribution in [-0.2, 0) is 0 Å². The van der Waals surface area contributed by atoms with Crippen molar-refractivity contribution in [3.63, 3.8) is 0 Å². The molecule has 27 heavy (non-hydrogen) atoms. The predicted molar refractivity (Wildman–Crippen MR) is 93.5 cm³/mol. The lowest BCUT2D eigenvalue weighted by atomic mass is 10.2. The molecule has 2 N–H and O–H groups in total. The molecule has 136 valence electrons. The first-order valence-electron chi connectivity index (χ1n) is 7.86. The molecule has 3 heterocycles. The van der Waals surface area contributed by atoms with E-state index >= 15 is 0 Å². The van der Waals surface area contributed by atoms with Crippen LogP contribution in [0.1, 0.15) is 0 Å². The first-order chi connectivity index (χ1) is 13.0. The van der Waals surface area contributed by atoms with Gasteiger partial charge in [0.15, 0.2) is 0 Å². The molecule has 0 aliphatic heterocycles. The van der Waals surface area contributed by atoms with E-state index in [9.17, 15) is 13.2 Å². The van der Waals surface area contributed by atoms with Gasteiger partial charge in [-0.3, -0.25) is 0 Å². The number of nitrogens with zero attached hydrogens (tertiary/aromatic N) is 3. The zero-order valence-electron chi connectivity index (χ0n) is 13.7. The number of imidazole rings is 1. The normalized spacial score (nSPS) is 11.5. The summed E-state index contributed by atoms with van der Waals surface area (Å²) in [6.07, 6.45) is -1.43. The summed E-state index contributed by atoms with van der Waals surface area (Å²) in [5, 5.41) is 3.08. The van der Waals surface area contributed by atoms with Gasteiger partial charge in [-0.05, 0) is 36.4 Å². The largest absolute Gasteiger partial charge is 0.573 e. The maximum atomic E-state index is 12.2. The summed E-state index contributed by atoms with van der Waals surface area (Å²) in [5.41, 5.74) is 1.99. The average Bonchev–Trinajstić information content (AvgIpc) is 3.05. The standard InChI is InChI=1S/C18H12F3N5O/c19-18(20,21)27-12-6-4-11(5-7-12)17-24-13-9-16(23-10-14(13)25-17)26-15-3-1-2-8-22-15/h1-10H,(H,24,25)(H,22,23,26). The molecule has 0 saturated heterocycles. The number of benzene rings is 1. The number of anilines is 2. The second-order valence-electron chi connectivity index (χ2n) is 5.58. The highest BCUT2D eigenvalue weighted by Crippen LogP contribution is 2.27. The number of alkyl halides is 3. The molecule has 0 spiro atoms. The van der Waals surface area contributed by atoms with Crippen LogP contribution in [0.15, 0.2) is 60.9 Å². The lowest BCUT2D eigenvalue weighted by Gasteiger charge is -2.08. The molecule has 9 heteroatoms. The Morgan fingerprint density at radius 3 is 2.48 bits per heavy atom. The molecule has 0 bridgehead atoms. The number of fused-ring (bicyclic) bond motifs is 1. The van der Waals surface area contributed by atoms with Crippen LogP contribution in [0.5, 0.6) is 5.75 Å². The number of rotatable bonds is 4. The van der Waals surface area contributed by atoms with Crippen molar-refractivity contribution in [3.05, 3.63) is 60.9 Å². The number of nitrogens with one attached hydrogen (secondary N) is 2. The van der Waals surface area contributed by atoms with Crippen LogP contribution in [-0.4, -0.2) is 26.3 Å². The van der Waals surface area contributed by atoms with E-state index in [1.54, 1.807) is 18.5 Å². The molecular weight excluding hydrogens is 359 g/mol. The van der Waals surface area contributed by atoms with Gasteiger partial charge in [-0.1, -0.05) is 6.07 Å². The van der Waals surface area contributed by atoms with Crippen LogP contribution in [0.3, 0.4) is 0 Å². The third kappa shape index (κ3) is 3.97. The number of pyridine rings is 2. The Labute approximate surface area is 151 Å². The van der Waals surface area contributed by atoms with Crippen LogP contribution in [0.4, 0.5) is 24.8 Å². The Balaban J connectivity index is 1.58. The molecule has 1 aromatic carbocycles. The molecule has 4 rings (SSSR count). The molecule has 3 aromatic heterocycles. The Morgan fingerprint density at radius 1 is 0.963 bits per heavy atom. The minimum Gasteiger partial charge on any atom is -0.406 e. The van der Waals surface area contributed by atoms with Crippen molar-refractivity contribution in [2.45, 2.75) is 6.36 Å². The molecule has 0 amide bonds. The van der Waals surface area contributed by atoms with Gasteiger partial charge in [0.1, 0.15) is 23.2 Å². The fourth-order valence-corrected chi connectivity index (χ4v) is 2.50. The second kappa shape index (κ2) is 6.60. The molecule has 0 atom stereocenters. The summed E-state index contributed by atoms with van der Waals surface area (Å²) in [5.74, 6) is 1.46. The van der Waals surface area contributed by atoms with Crippen LogP contribution in [0, 0.1) is 0 Å². The third-order valence-corrected chi connectivity index (χ3v) is 3.65. The highest BCUT2D eigenvalue weighted by atomic mass is 19.4. The van der Waals surface area contributed by atoms with Crippen molar-refractivity contribution >= 4 is 22.7 Å². The Bertz CT molecular complexity index is 1060. The summed E-state index contributed by atoms with van der Waals surface area (Å²) in [6.45, 7) is 0. The number of ether oxygens (including phenoxy) is 1. The minimum atomic E-state index is -4.72. The quantitative estimate of drug-likeness (QED) is 0.546. The van der Waals surface area contributed by atoms with Crippen LogP contribution in [0.25, 0.3) is 22.4 Å². The lowest BCUT2D eigenvalue weighted by Crippen LogP contribution is -2.16. The van der Waals surface area contributed by atoms with Gasteiger partial charge in [0.05, 0.1) is 17.2 Å². The van der Waals surface area contributed by atoms with E-state index < -0.39 is 6.36 Å². The summed E-state index contributed by atoms with van der Waals surface area (Å²) in [6, 6.07) is 12.7. The Morgan fingerprint density at radius 2 is 1.78 bits per heavy atom. The van der Waals surface area contributed by atoms with Crippen molar-refractivity contribution < 1.29 is 17.9 Å². The minimum absolute atomic E-state index is 0.286. The smallest absolute Gasteiger partial charge is 0.406 e. The third-order valence-electron chi connectivity index (χ3n) is 3.65. The average molecular weight is 371 g/mol. The molecule has 0 aliphatic carbocycles. The first kappa shape index (κ1) is 16.8. The monoisotopic (exact) mass is 371 g/mol. The summed E-state index contributed by atoms with van der Waals surface area (Å²) < 4.78 is 40.6. The van der Waals surface area contributed by atoms with E-state index in [1.807, 2.05) is 18.2 Å². The van der Waals surface area contributed by atoms with Gasteiger partial charge in [-0.15, -0.1) is 13.2 Å². The van der Waals surface area contributed by atoms with Gasteiger partial charge in [-0.25, -0.2) is 15.0 Å². The molecule has 6 nitrogen and oxygen atoms in total. The SMILES string of the molecule is FC(F)(F)Oc1ccc(-c2nc3cc(Nc4ccccn4)ncc3[nH]2)cc1. The zero-order valence-corrected chi connectivity index (χ0v) is 13.7. The molecular formula is C18H12F3N5O. The maximum Gasteiger partial charge on any atom is 0.573 e. The molecule has 0 saturated carbocycles. The van der Waals surface area contributed by atoms with Crippen LogP contribution in [0.2, 0.25) is 0 Å². The number of aromatic amines is 1. The van der Waals surface area contributed by atoms with Gasteiger partial charge in [0.25, 0.3) is 0 Å². The molecule has 4 aromatic rings. The number of hydrogen-bond acceptors (Lipinski definition) is 5. The second-order valence-corrected chi connectivity index (χ2v) is 5.58. The number of hydrogen-bond donors (Lipinski definition) is 2. The van der Waals surface area contributed by atoms with Crippen LogP contribution >= 0.6 is 0 Å². The van der Waals surface area contributed by atoms with Crippen molar-refractivity contribution in [1.82, 2.24) is 19.9 Å². The van der Waals surface area contributed by atoms with E-state index in [-0.39, 0.29) is 5.75 Å². The summed E-state index contributed by atoms with van der Waals surface area (Å²) in [4.78, 5) is 16.0. The van der Waals surface area contributed by atoms with Crippen molar-refractivity contribution in [2.24, 2.45) is 0 Å². The highest BCUT2D eigenvalue weighted by molar-refractivity contribution is 5.81. The molecule has 0 aliphatic rings. The van der Waals surface area contributed by atoms with Crippen molar-refractivity contribution in [3.8, 4) is 17.1 Å². The fraction of sp³-hybridized carbons (Fsp3) is 0.0556. The number of H-pyrrole nitrogens is 1. The topological polar surface area (TPSA) is 75.7 Å². The van der Waals surface area contributed by atoms with E-state index in [0.29, 0.717) is 34.1 Å². The first-order valence-corrected chi connectivity index (χ1v) is 7.86. The predicted octanol–water partition coefficient (Wildman–Crippen LogP) is 4.66. The van der Waals surface area contributed by atoms with E-state index in [0.717, 1.165) is 0 Å². The van der Waals surface area contributed by atoms with Gasteiger partial charge >= 0.3 is 6.36 Å². The van der Waals surface area contributed by atoms with Gasteiger partial charge in [0, 0.05) is 17.8 Å². The highest BCUT2D eigenvalue weighted by Gasteiger charge is 2.31. The molecule has 0 radical (unpaired) electrons. The number of halogens is 3. The van der Waals surface area contributed by atoms with E-state index in [2.05, 4.69) is 30.0 Å². The molecule has 0 fully saturated rings. The summed E-state index contributed by atoms with van der Waals surface area (Å²) >= 11 is 0. The zero-order chi connectivity index (χ0) is 18.9. The maximum absolute atomic E-state index is 12.2. The van der Waals surface area contributed by atoms with Crippen LogP contribution < -0.4 is 10.1 Å². The fourth-order valence-electron chi connectivity index (χ4n) is 2.50. The lowest BCUT2D eigenvalue weighted by molar-refractivity contribution is -0.274. The molecule has 0 unspecified atom stereocenters. The number of aromatic nitrogens is 4. The van der Waals surface area contributed by atoms with Crippen molar-refractivity contribution in [1.29, 1.82) is 0 Å². The van der Waals surface area contributed by atoms with E-state index in [4.69, 9.17) is 0 Å².